The highest BCUT2D eigenvalue weighted by atomic mass is 16.4. The van der Waals surface area contributed by atoms with Crippen LogP contribution in [-0.4, -0.2) is 34.7 Å². The Labute approximate surface area is 147 Å². The van der Waals surface area contributed by atoms with Gasteiger partial charge in [0.25, 0.3) is 0 Å². The Morgan fingerprint density at radius 2 is 1.21 bits per heavy atom. The third-order valence-corrected chi connectivity index (χ3v) is 4.30. The van der Waals surface area contributed by atoms with Crippen LogP contribution in [0, 0.1) is 0 Å². The molecule has 1 unspecified atom stereocenters. The molecule has 0 heterocycles. The second-order valence-electron chi connectivity index (χ2n) is 6.66. The fourth-order valence-corrected chi connectivity index (χ4v) is 2.77. The number of hydrogen-bond acceptors (Lipinski definition) is 3. The van der Waals surface area contributed by atoms with Crippen molar-refractivity contribution < 1.29 is 19.8 Å². The lowest BCUT2D eigenvalue weighted by molar-refractivity contribution is -0.139. The summed E-state index contributed by atoms with van der Waals surface area (Å²) in [7, 11) is 0. The van der Waals surface area contributed by atoms with Crippen molar-refractivity contribution in [1.29, 1.82) is 0 Å². The fraction of sp³-hybridized carbons (Fsp3) is 0.895. The molecule has 0 aliphatic rings. The first-order chi connectivity index (χ1) is 11.6. The van der Waals surface area contributed by atoms with Crippen LogP contribution in [0.5, 0.6) is 0 Å². The predicted octanol–water partition coefficient (Wildman–Crippen LogP) is 4.03. The normalized spacial score (nSPS) is 12.1. The number of carboxylic acid groups (broad SMARTS) is 1. The predicted molar refractivity (Wildman–Crippen MR) is 97.0 cm³/mol. The number of carboxylic acids is 1. The molecule has 142 valence electrons. The summed E-state index contributed by atoms with van der Waals surface area (Å²) in [6.45, 7) is 1.81. The van der Waals surface area contributed by atoms with Crippen molar-refractivity contribution in [3.05, 3.63) is 0 Å². The molecular formula is C19H37NO4. The molecule has 0 saturated heterocycles. The molecule has 0 rings (SSSR count). The molecule has 0 aromatic rings. The fourth-order valence-electron chi connectivity index (χ4n) is 2.77. The highest BCUT2D eigenvalue weighted by Gasteiger charge is 2.14. The van der Waals surface area contributed by atoms with Gasteiger partial charge in [-0.25, -0.2) is 0 Å². The van der Waals surface area contributed by atoms with Gasteiger partial charge < -0.3 is 15.5 Å². The lowest BCUT2D eigenvalue weighted by atomic mass is 10.0. The number of amides is 1. The number of carbonyl (C=O) groups excluding carboxylic acids is 1. The van der Waals surface area contributed by atoms with Gasteiger partial charge in [-0.3, -0.25) is 9.59 Å². The molecule has 0 aromatic carbocycles. The Morgan fingerprint density at radius 1 is 0.792 bits per heavy atom. The molecule has 5 nitrogen and oxygen atoms in total. The first-order valence-electron chi connectivity index (χ1n) is 9.75. The molecule has 0 aliphatic heterocycles. The van der Waals surface area contributed by atoms with E-state index in [-0.39, 0.29) is 0 Å². The molecule has 0 saturated carbocycles. The van der Waals surface area contributed by atoms with E-state index in [0.29, 0.717) is 6.42 Å². The van der Waals surface area contributed by atoms with E-state index in [4.69, 9.17) is 5.11 Å². The van der Waals surface area contributed by atoms with Crippen molar-refractivity contribution in [2.24, 2.45) is 0 Å². The molecule has 0 spiro atoms. The van der Waals surface area contributed by atoms with Crippen molar-refractivity contribution in [3.63, 3.8) is 0 Å². The molecule has 0 aliphatic carbocycles. The van der Waals surface area contributed by atoms with Crippen LogP contribution in [0.3, 0.4) is 0 Å². The van der Waals surface area contributed by atoms with E-state index in [2.05, 4.69) is 12.2 Å². The number of hydrogen-bond donors (Lipinski definition) is 3. The zero-order valence-corrected chi connectivity index (χ0v) is 15.4. The Kier molecular flexibility index (Phi) is 16.0. The van der Waals surface area contributed by atoms with Gasteiger partial charge in [0.2, 0.25) is 5.91 Å². The van der Waals surface area contributed by atoms with E-state index in [1.807, 2.05) is 0 Å². The molecule has 24 heavy (non-hydrogen) atoms. The van der Waals surface area contributed by atoms with E-state index in [9.17, 15) is 14.7 Å². The second-order valence-corrected chi connectivity index (χ2v) is 6.66. The topological polar surface area (TPSA) is 86.6 Å². The number of aliphatic hydroxyl groups is 1. The number of nitrogens with one attached hydrogen (secondary N) is 1. The summed E-state index contributed by atoms with van der Waals surface area (Å²) in [5.41, 5.74) is 0. The first kappa shape index (κ1) is 22.9. The zero-order valence-electron chi connectivity index (χ0n) is 15.4. The summed E-state index contributed by atoms with van der Waals surface area (Å²) in [5, 5.41) is 20.2. The minimum absolute atomic E-state index is 0.406. The number of aliphatic hydroxyl groups excluding tert-OH is 1. The van der Waals surface area contributed by atoms with Crippen LogP contribution in [0.25, 0.3) is 0 Å². The molecule has 5 heteroatoms. The summed E-state index contributed by atoms with van der Waals surface area (Å²) < 4.78 is 0. The summed E-state index contributed by atoms with van der Waals surface area (Å²) in [4.78, 5) is 21.7. The molecule has 3 N–H and O–H groups in total. The van der Waals surface area contributed by atoms with E-state index in [0.717, 1.165) is 19.3 Å². The van der Waals surface area contributed by atoms with Gasteiger partial charge in [0.1, 0.15) is 12.6 Å². The van der Waals surface area contributed by atoms with E-state index in [1.165, 1.54) is 64.2 Å². The largest absolute Gasteiger partial charge is 0.480 e. The van der Waals surface area contributed by atoms with Crippen molar-refractivity contribution in [3.8, 4) is 0 Å². The van der Waals surface area contributed by atoms with Gasteiger partial charge in [0, 0.05) is 0 Å². The molecule has 1 atom stereocenters. The van der Waals surface area contributed by atoms with Gasteiger partial charge in [-0.05, 0) is 6.42 Å². The maximum absolute atomic E-state index is 11.4. The minimum Gasteiger partial charge on any atom is -0.480 e. The molecule has 1 amide bonds. The van der Waals surface area contributed by atoms with Crippen molar-refractivity contribution in [1.82, 2.24) is 5.32 Å². The number of unbranched alkanes of at least 4 members (excludes halogenated alkanes) is 12. The number of carbonyl (C=O) groups is 2. The Balaban J connectivity index is 3.27. The van der Waals surface area contributed by atoms with Crippen LogP contribution in [0.15, 0.2) is 0 Å². The van der Waals surface area contributed by atoms with Crippen LogP contribution in [-0.2, 0) is 9.59 Å². The quantitative estimate of drug-likeness (QED) is 0.348. The standard InChI is InChI=1S/C19H37NO4/c1-2-3-4-5-6-7-8-9-10-11-12-13-14-15-17(21)19(24)20-16-18(22)23/h17,21H,2-16H2,1H3,(H,20,24)(H,22,23). The highest BCUT2D eigenvalue weighted by Crippen LogP contribution is 2.13. The van der Waals surface area contributed by atoms with Gasteiger partial charge in [-0.15, -0.1) is 0 Å². The average Bonchev–Trinajstić information content (AvgIpc) is 2.56. The Bertz CT molecular complexity index is 320. The molecule has 0 fully saturated rings. The highest BCUT2D eigenvalue weighted by molar-refractivity contribution is 5.84. The van der Waals surface area contributed by atoms with Gasteiger partial charge >= 0.3 is 5.97 Å². The first-order valence-corrected chi connectivity index (χ1v) is 9.75. The van der Waals surface area contributed by atoms with Crippen molar-refractivity contribution in [2.75, 3.05) is 6.54 Å². The van der Waals surface area contributed by atoms with E-state index in [1.54, 1.807) is 0 Å². The third kappa shape index (κ3) is 15.8. The SMILES string of the molecule is CCCCCCCCCCCCCCCC(O)C(=O)NCC(=O)O. The number of rotatable bonds is 17. The lowest BCUT2D eigenvalue weighted by Crippen LogP contribution is -2.37. The maximum atomic E-state index is 11.4. The Hall–Kier alpha value is -1.10. The smallest absolute Gasteiger partial charge is 0.322 e. The molecule has 0 bridgehead atoms. The minimum atomic E-state index is -1.10. The summed E-state index contributed by atoms with van der Waals surface area (Å²) in [6, 6.07) is 0. The molecule has 0 radical (unpaired) electrons. The van der Waals surface area contributed by atoms with E-state index >= 15 is 0 Å². The number of aliphatic carboxylic acids is 1. The molecular weight excluding hydrogens is 306 g/mol. The second kappa shape index (κ2) is 16.7. The third-order valence-electron chi connectivity index (χ3n) is 4.30. The average molecular weight is 344 g/mol. The Morgan fingerprint density at radius 3 is 1.62 bits per heavy atom. The van der Waals surface area contributed by atoms with Crippen LogP contribution < -0.4 is 5.32 Å². The van der Waals surface area contributed by atoms with Crippen molar-refractivity contribution >= 4 is 11.9 Å². The summed E-state index contributed by atoms with van der Waals surface area (Å²) in [6.07, 6.45) is 15.6. The summed E-state index contributed by atoms with van der Waals surface area (Å²) >= 11 is 0. The maximum Gasteiger partial charge on any atom is 0.322 e. The van der Waals surface area contributed by atoms with Gasteiger partial charge in [0.15, 0.2) is 0 Å². The lowest BCUT2D eigenvalue weighted by Gasteiger charge is -2.09. The van der Waals surface area contributed by atoms with Crippen LogP contribution >= 0.6 is 0 Å². The zero-order chi connectivity index (χ0) is 18.0. The van der Waals surface area contributed by atoms with Gasteiger partial charge in [0.05, 0.1) is 0 Å². The van der Waals surface area contributed by atoms with Crippen LogP contribution in [0.1, 0.15) is 96.8 Å². The van der Waals surface area contributed by atoms with E-state index < -0.39 is 24.5 Å². The molecule has 0 aromatic heterocycles. The van der Waals surface area contributed by atoms with Crippen molar-refractivity contribution in [2.45, 2.75) is 103 Å². The monoisotopic (exact) mass is 343 g/mol. The van der Waals surface area contributed by atoms with Crippen LogP contribution in [0.2, 0.25) is 0 Å². The van der Waals surface area contributed by atoms with Crippen LogP contribution in [0.4, 0.5) is 0 Å². The van der Waals surface area contributed by atoms with Gasteiger partial charge in [-0.1, -0.05) is 90.4 Å². The summed E-state index contributed by atoms with van der Waals surface area (Å²) in [5.74, 6) is -1.69. The van der Waals surface area contributed by atoms with Gasteiger partial charge in [-0.2, -0.15) is 0 Å².